The second-order valence-electron chi connectivity index (χ2n) is 4.79. The number of Topliss-reactive ketones (excluding diaryl/α,β-unsaturated/α-hetero) is 1. The molecule has 0 amide bonds. The van der Waals surface area contributed by atoms with E-state index in [0.29, 0.717) is 12.8 Å². The molecular weight excluding hydrogens is 208 g/mol. The molecule has 1 aliphatic heterocycles. The quantitative estimate of drug-likeness (QED) is 0.584. The highest BCUT2D eigenvalue weighted by atomic mass is 16.4. The van der Waals surface area contributed by atoms with Crippen molar-refractivity contribution in [2.24, 2.45) is 11.1 Å². The maximum Gasteiger partial charge on any atom is 0.318 e. The van der Waals surface area contributed by atoms with Gasteiger partial charge >= 0.3 is 5.97 Å². The van der Waals surface area contributed by atoms with Gasteiger partial charge in [-0.25, -0.2) is 0 Å². The van der Waals surface area contributed by atoms with Crippen LogP contribution in [0.4, 0.5) is 0 Å². The number of ketones is 1. The Morgan fingerprint density at radius 2 is 2.06 bits per heavy atom. The summed E-state index contributed by atoms with van der Waals surface area (Å²) in [5, 5.41) is 12.4. The zero-order chi connectivity index (χ0) is 11.8. The van der Waals surface area contributed by atoms with Crippen molar-refractivity contribution in [1.29, 1.82) is 0 Å². The van der Waals surface area contributed by atoms with E-state index in [1.54, 1.807) is 0 Å². The summed E-state index contributed by atoms with van der Waals surface area (Å²) < 4.78 is 0. The smallest absolute Gasteiger partial charge is 0.318 e. The van der Waals surface area contributed by atoms with E-state index in [2.05, 4.69) is 5.32 Å². The molecule has 90 valence electrons. The van der Waals surface area contributed by atoms with Gasteiger partial charge in [-0.2, -0.15) is 0 Å². The van der Waals surface area contributed by atoms with Crippen molar-refractivity contribution < 1.29 is 14.7 Å². The Morgan fingerprint density at radius 1 is 1.31 bits per heavy atom. The number of hydrogen-bond acceptors (Lipinski definition) is 4. The van der Waals surface area contributed by atoms with E-state index in [9.17, 15) is 14.7 Å². The van der Waals surface area contributed by atoms with Crippen LogP contribution in [0.1, 0.15) is 32.1 Å². The monoisotopic (exact) mass is 226 g/mol. The lowest BCUT2D eigenvalue weighted by Crippen LogP contribution is -2.55. The van der Waals surface area contributed by atoms with Gasteiger partial charge in [0.25, 0.3) is 0 Å². The second kappa shape index (κ2) is 4.14. The molecule has 4 N–H and O–H groups in total. The van der Waals surface area contributed by atoms with Gasteiger partial charge in [-0.1, -0.05) is 6.42 Å². The van der Waals surface area contributed by atoms with E-state index in [-0.39, 0.29) is 11.8 Å². The third-order valence-corrected chi connectivity index (χ3v) is 3.92. The summed E-state index contributed by atoms with van der Waals surface area (Å²) in [6.45, 7) is 0.793. The molecule has 0 bridgehead atoms. The van der Waals surface area contributed by atoms with Crippen LogP contribution < -0.4 is 11.1 Å². The number of nitrogens with one attached hydrogen (secondary N) is 1. The highest BCUT2D eigenvalue weighted by Crippen LogP contribution is 2.40. The van der Waals surface area contributed by atoms with Crippen LogP contribution in [-0.4, -0.2) is 35.5 Å². The molecule has 5 heteroatoms. The zero-order valence-electron chi connectivity index (χ0n) is 9.24. The van der Waals surface area contributed by atoms with Crippen molar-refractivity contribution in [1.82, 2.24) is 5.32 Å². The fraction of sp³-hybridized carbons (Fsp3) is 0.818. The van der Waals surface area contributed by atoms with Gasteiger partial charge in [0, 0.05) is 6.04 Å². The Labute approximate surface area is 94.4 Å². The first-order chi connectivity index (χ1) is 7.59. The summed E-state index contributed by atoms with van der Waals surface area (Å²) in [5.41, 5.74) is 4.52. The maximum atomic E-state index is 12.3. The SMILES string of the molecule is NC1CCCC1(C(=O)O)C(=O)[C@H]1CCCN1. The molecule has 0 radical (unpaired) electrons. The van der Waals surface area contributed by atoms with Gasteiger partial charge in [-0.15, -0.1) is 0 Å². The molecule has 2 aliphatic rings. The minimum atomic E-state index is -1.33. The van der Waals surface area contributed by atoms with Crippen LogP contribution in [0.15, 0.2) is 0 Å². The van der Waals surface area contributed by atoms with Gasteiger partial charge in [0.1, 0.15) is 5.41 Å². The minimum Gasteiger partial charge on any atom is -0.480 e. The lowest BCUT2D eigenvalue weighted by molar-refractivity contribution is -0.156. The topological polar surface area (TPSA) is 92.4 Å². The molecule has 1 aliphatic carbocycles. The van der Waals surface area contributed by atoms with Crippen molar-refractivity contribution in [2.45, 2.75) is 44.2 Å². The van der Waals surface area contributed by atoms with Crippen LogP contribution in [0.25, 0.3) is 0 Å². The normalized spacial score (nSPS) is 38.8. The molecule has 5 nitrogen and oxygen atoms in total. The third kappa shape index (κ3) is 1.55. The Morgan fingerprint density at radius 3 is 2.50 bits per heavy atom. The molecule has 1 saturated heterocycles. The van der Waals surface area contributed by atoms with E-state index in [0.717, 1.165) is 25.8 Å². The molecule has 0 aromatic rings. The largest absolute Gasteiger partial charge is 0.480 e. The van der Waals surface area contributed by atoms with Gasteiger partial charge in [-0.3, -0.25) is 9.59 Å². The summed E-state index contributed by atoms with van der Waals surface area (Å²) >= 11 is 0. The Bertz CT molecular complexity index is 312. The van der Waals surface area contributed by atoms with Crippen LogP contribution in [0.3, 0.4) is 0 Å². The third-order valence-electron chi connectivity index (χ3n) is 3.92. The van der Waals surface area contributed by atoms with E-state index in [1.807, 2.05) is 0 Å². The van der Waals surface area contributed by atoms with Crippen molar-refractivity contribution >= 4 is 11.8 Å². The van der Waals surface area contributed by atoms with Gasteiger partial charge in [0.2, 0.25) is 0 Å². The first-order valence-corrected chi connectivity index (χ1v) is 5.85. The molecular formula is C11H18N2O3. The summed E-state index contributed by atoms with van der Waals surface area (Å²) in [4.78, 5) is 23.7. The molecule has 0 spiro atoms. The van der Waals surface area contributed by atoms with Crippen molar-refractivity contribution in [2.75, 3.05) is 6.54 Å². The molecule has 1 saturated carbocycles. The summed E-state index contributed by atoms with van der Waals surface area (Å²) in [7, 11) is 0. The fourth-order valence-electron chi connectivity index (χ4n) is 2.93. The Hall–Kier alpha value is -0.940. The molecule has 2 fully saturated rings. The average Bonchev–Trinajstić information content (AvgIpc) is 2.85. The number of carboxylic acid groups (broad SMARTS) is 1. The van der Waals surface area contributed by atoms with E-state index in [1.165, 1.54) is 0 Å². The summed E-state index contributed by atoms with van der Waals surface area (Å²) in [6.07, 6.45) is 3.42. The molecule has 1 heterocycles. The average molecular weight is 226 g/mol. The van der Waals surface area contributed by atoms with Crippen LogP contribution in [0.5, 0.6) is 0 Å². The number of aliphatic carboxylic acids is 1. The maximum absolute atomic E-state index is 12.3. The number of carboxylic acids is 1. The van der Waals surface area contributed by atoms with Crippen LogP contribution in [0, 0.1) is 5.41 Å². The van der Waals surface area contributed by atoms with Gasteiger partial charge in [0.15, 0.2) is 5.78 Å². The number of carbonyl (C=O) groups excluding carboxylic acids is 1. The first kappa shape index (κ1) is 11.5. The van der Waals surface area contributed by atoms with Crippen molar-refractivity contribution in [3.63, 3.8) is 0 Å². The van der Waals surface area contributed by atoms with E-state index >= 15 is 0 Å². The first-order valence-electron chi connectivity index (χ1n) is 5.85. The number of nitrogens with two attached hydrogens (primary N) is 1. The number of rotatable bonds is 3. The standard InChI is InChI=1S/C11H18N2O3/c12-8-4-1-5-11(8,10(15)16)9(14)7-3-2-6-13-7/h7-8,13H,1-6,12H2,(H,15,16)/t7-,8?,11?/m1/s1. The molecule has 16 heavy (non-hydrogen) atoms. The highest BCUT2D eigenvalue weighted by Gasteiger charge is 2.55. The molecule has 3 atom stereocenters. The number of hydrogen-bond donors (Lipinski definition) is 3. The molecule has 2 unspecified atom stereocenters. The zero-order valence-corrected chi connectivity index (χ0v) is 9.24. The van der Waals surface area contributed by atoms with Gasteiger partial charge in [0.05, 0.1) is 6.04 Å². The van der Waals surface area contributed by atoms with Crippen LogP contribution in [0.2, 0.25) is 0 Å². The van der Waals surface area contributed by atoms with Crippen LogP contribution in [-0.2, 0) is 9.59 Å². The highest BCUT2D eigenvalue weighted by molar-refractivity contribution is 6.06. The second-order valence-corrected chi connectivity index (χ2v) is 4.79. The van der Waals surface area contributed by atoms with Crippen LogP contribution >= 0.6 is 0 Å². The Balaban J connectivity index is 2.25. The van der Waals surface area contributed by atoms with E-state index in [4.69, 9.17) is 5.73 Å². The predicted octanol–water partition coefficient (Wildman–Crippen LogP) is -0.110. The predicted molar refractivity (Wildman–Crippen MR) is 57.9 cm³/mol. The lowest BCUT2D eigenvalue weighted by Gasteiger charge is -2.29. The number of carbonyl (C=O) groups is 2. The van der Waals surface area contributed by atoms with Crippen molar-refractivity contribution in [3.05, 3.63) is 0 Å². The molecule has 2 rings (SSSR count). The van der Waals surface area contributed by atoms with Gasteiger partial charge < -0.3 is 16.2 Å². The molecule has 0 aromatic heterocycles. The summed E-state index contributed by atoms with van der Waals surface area (Å²) in [5.74, 6) is -1.25. The van der Waals surface area contributed by atoms with Gasteiger partial charge in [-0.05, 0) is 32.2 Å². The summed E-state index contributed by atoms with van der Waals surface area (Å²) in [6, 6.07) is -0.833. The molecule has 0 aromatic carbocycles. The lowest BCUT2D eigenvalue weighted by atomic mass is 9.75. The fourth-order valence-corrected chi connectivity index (χ4v) is 2.93. The van der Waals surface area contributed by atoms with Crippen molar-refractivity contribution in [3.8, 4) is 0 Å². The minimum absolute atomic E-state index is 0.206. The Kier molecular flexibility index (Phi) is 2.99. The van der Waals surface area contributed by atoms with E-state index < -0.39 is 17.4 Å².